The summed E-state index contributed by atoms with van der Waals surface area (Å²) in [6.07, 6.45) is 0. The molecule has 1 N–H and O–H groups in total. The number of halogens is 1. The molecule has 2 aromatic carbocycles. The zero-order valence-electron chi connectivity index (χ0n) is 18.3. The Morgan fingerprint density at radius 3 is 2.41 bits per heavy atom. The van der Waals surface area contributed by atoms with Crippen LogP contribution in [0, 0.1) is 5.82 Å². The van der Waals surface area contributed by atoms with E-state index in [1.165, 1.54) is 17.0 Å². The molecule has 4 rings (SSSR count). The topological polar surface area (TPSA) is 44.8 Å². The lowest BCUT2D eigenvalue weighted by Crippen LogP contribution is -2.52. The highest BCUT2D eigenvalue weighted by Crippen LogP contribution is 2.31. The number of ether oxygens (including phenoxy) is 1. The highest BCUT2D eigenvalue weighted by molar-refractivity contribution is 7.10. The predicted molar refractivity (Wildman–Crippen MR) is 127 cm³/mol. The van der Waals surface area contributed by atoms with Gasteiger partial charge in [-0.15, -0.1) is 11.3 Å². The van der Waals surface area contributed by atoms with Gasteiger partial charge in [-0.05, 0) is 54.8 Å². The number of carbonyl (C=O) groups is 1. The Labute approximate surface area is 192 Å². The molecular formula is C25H28FN3O2S. The maximum absolute atomic E-state index is 13.3. The number of amides is 1. The predicted octanol–water partition coefficient (Wildman–Crippen LogP) is 4.58. The quantitative estimate of drug-likeness (QED) is 0.569. The largest absolute Gasteiger partial charge is 0.496 e. The molecule has 2 heterocycles. The third kappa shape index (κ3) is 4.95. The van der Waals surface area contributed by atoms with Crippen molar-refractivity contribution in [2.45, 2.75) is 19.0 Å². The van der Waals surface area contributed by atoms with Gasteiger partial charge in [-0.3, -0.25) is 9.69 Å². The van der Waals surface area contributed by atoms with Crippen LogP contribution in [0.2, 0.25) is 0 Å². The van der Waals surface area contributed by atoms with Crippen molar-refractivity contribution in [1.29, 1.82) is 0 Å². The molecule has 3 aromatic rings. The zero-order valence-corrected chi connectivity index (χ0v) is 19.1. The first-order valence-corrected chi connectivity index (χ1v) is 11.7. The summed E-state index contributed by atoms with van der Waals surface area (Å²) in [7, 11) is 1.57. The van der Waals surface area contributed by atoms with E-state index in [4.69, 9.17) is 4.74 Å². The Bertz CT molecular complexity index is 1020. The van der Waals surface area contributed by atoms with Crippen molar-refractivity contribution >= 4 is 22.9 Å². The first kappa shape index (κ1) is 22.3. The van der Waals surface area contributed by atoms with Crippen LogP contribution in [-0.2, 0) is 0 Å². The maximum atomic E-state index is 13.3. The van der Waals surface area contributed by atoms with Crippen molar-refractivity contribution < 1.29 is 13.9 Å². The fourth-order valence-corrected chi connectivity index (χ4v) is 5.27. The second kappa shape index (κ2) is 10.1. The number of piperazine rings is 1. The van der Waals surface area contributed by atoms with Crippen molar-refractivity contribution in [2.75, 3.05) is 38.2 Å². The van der Waals surface area contributed by atoms with Crippen molar-refractivity contribution in [3.05, 3.63) is 82.3 Å². The maximum Gasteiger partial charge on any atom is 0.255 e. The summed E-state index contributed by atoms with van der Waals surface area (Å²) in [6, 6.07) is 18.1. The van der Waals surface area contributed by atoms with Crippen LogP contribution in [0.15, 0.2) is 66.0 Å². The Kier molecular flexibility index (Phi) is 7.07. The van der Waals surface area contributed by atoms with Crippen LogP contribution < -0.4 is 15.0 Å². The van der Waals surface area contributed by atoms with Gasteiger partial charge in [-0.2, -0.15) is 0 Å². The molecule has 0 spiro atoms. The van der Waals surface area contributed by atoms with Crippen LogP contribution in [0.25, 0.3) is 0 Å². The number of carbonyl (C=O) groups excluding carboxylic acids is 1. The highest BCUT2D eigenvalue weighted by atomic mass is 32.1. The Hall–Kier alpha value is -2.90. The Morgan fingerprint density at radius 2 is 1.75 bits per heavy atom. The van der Waals surface area contributed by atoms with E-state index in [-0.39, 0.29) is 23.8 Å². The first-order chi connectivity index (χ1) is 15.6. The van der Waals surface area contributed by atoms with Crippen LogP contribution in [-0.4, -0.2) is 50.1 Å². The monoisotopic (exact) mass is 453 g/mol. The second-order valence-electron chi connectivity index (χ2n) is 7.92. The molecule has 0 saturated carbocycles. The van der Waals surface area contributed by atoms with Crippen LogP contribution >= 0.6 is 11.3 Å². The van der Waals surface area contributed by atoms with Gasteiger partial charge >= 0.3 is 0 Å². The van der Waals surface area contributed by atoms with Crippen LogP contribution in [0.4, 0.5) is 10.1 Å². The van der Waals surface area contributed by atoms with Crippen LogP contribution in [0.5, 0.6) is 5.75 Å². The second-order valence-corrected chi connectivity index (χ2v) is 8.90. The van der Waals surface area contributed by atoms with E-state index < -0.39 is 0 Å². The normalized spacial score (nSPS) is 16.4. The van der Waals surface area contributed by atoms with E-state index >= 15 is 0 Å². The molecule has 7 heteroatoms. The number of thiophene rings is 1. The smallest absolute Gasteiger partial charge is 0.255 e. The third-order valence-corrected chi connectivity index (χ3v) is 6.86. The van der Waals surface area contributed by atoms with Crippen molar-refractivity contribution in [3.8, 4) is 5.75 Å². The number of para-hydroxylation sites is 1. The van der Waals surface area contributed by atoms with E-state index in [1.54, 1.807) is 30.6 Å². The average molecular weight is 454 g/mol. The molecule has 5 nitrogen and oxygen atoms in total. The molecule has 0 aliphatic carbocycles. The van der Waals surface area contributed by atoms with E-state index in [2.05, 4.69) is 39.6 Å². The number of hydrogen-bond acceptors (Lipinski definition) is 5. The van der Waals surface area contributed by atoms with Gasteiger partial charge in [0.2, 0.25) is 0 Å². The summed E-state index contributed by atoms with van der Waals surface area (Å²) in [6.45, 7) is 5.47. The Balaban J connectivity index is 1.47. The minimum atomic E-state index is -0.218. The summed E-state index contributed by atoms with van der Waals surface area (Å²) in [4.78, 5) is 18.9. The summed E-state index contributed by atoms with van der Waals surface area (Å²) in [5, 5.41) is 5.27. The molecule has 1 amide bonds. The molecule has 2 atom stereocenters. The molecular weight excluding hydrogens is 425 g/mol. The molecule has 168 valence electrons. The molecule has 1 aliphatic heterocycles. The summed E-state index contributed by atoms with van der Waals surface area (Å²) < 4.78 is 18.6. The standard InChI is InChI=1S/C25H28FN3O2S/c1-18(27-25(30)21-6-3-4-7-22(21)31-2)24(23-8-5-17-32-23)29-15-13-28(14-16-29)20-11-9-19(26)10-12-20/h3-12,17-18,24H,13-16H2,1-2H3,(H,27,30)/t18-,24-/m1/s1. The van der Waals surface area contributed by atoms with E-state index in [1.807, 2.05) is 24.3 Å². The number of rotatable bonds is 7. The fraction of sp³-hybridized carbons (Fsp3) is 0.320. The lowest BCUT2D eigenvalue weighted by molar-refractivity contribution is 0.0887. The van der Waals surface area contributed by atoms with Gasteiger partial charge in [0.05, 0.1) is 18.7 Å². The van der Waals surface area contributed by atoms with Gasteiger partial charge in [0.1, 0.15) is 11.6 Å². The lowest BCUT2D eigenvalue weighted by atomic mass is 10.0. The molecule has 1 aromatic heterocycles. The summed E-state index contributed by atoms with van der Waals surface area (Å²) in [5.41, 5.74) is 1.57. The Morgan fingerprint density at radius 1 is 1.03 bits per heavy atom. The van der Waals surface area contributed by atoms with E-state index in [0.29, 0.717) is 11.3 Å². The molecule has 32 heavy (non-hydrogen) atoms. The van der Waals surface area contributed by atoms with Gasteiger partial charge in [-0.25, -0.2) is 4.39 Å². The fourth-order valence-electron chi connectivity index (χ4n) is 4.31. The summed E-state index contributed by atoms with van der Waals surface area (Å²) >= 11 is 1.71. The highest BCUT2D eigenvalue weighted by Gasteiger charge is 2.31. The van der Waals surface area contributed by atoms with Gasteiger partial charge in [0.25, 0.3) is 5.91 Å². The van der Waals surface area contributed by atoms with Crippen LogP contribution in [0.3, 0.4) is 0 Å². The van der Waals surface area contributed by atoms with Crippen molar-refractivity contribution in [2.24, 2.45) is 0 Å². The van der Waals surface area contributed by atoms with Gasteiger partial charge in [0.15, 0.2) is 0 Å². The number of nitrogens with one attached hydrogen (secondary N) is 1. The average Bonchev–Trinajstić information content (AvgIpc) is 3.34. The molecule has 0 radical (unpaired) electrons. The minimum absolute atomic E-state index is 0.0732. The van der Waals surface area contributed by atoms with Gasteiger partial charge < -0.3 is 15.0 Å². The number of hydrogen-bond donors (Lipinski definition) is 1. The molecule has 1 aliphatic rings. The van der Waals surface area contributed by atoms with E-state index in [0.717, 1.165) is 31.9 Å². The first-order valence-electron chi connectivity index (χ1n) is 10.8. The number of benzene rings is 2. The SMILES string of the molecule is COc1ccccc1C(=O)N[C@H](C)[C@H](c1cccs1)N1CCN(c2ccc(F)cc2)CC1. The van der Waals surface area contributed by atoms with Gasteiger partial charge in [-0.1, -0.05) is 18.2 Å². The van der Waals surface area contributed by atoms with Gasteiger partial charge in [0, 0.05) is 42.8 Å². The van der Waals surface area contributed by atoms with Crippen LogP contribution in [0.1, 0.15) is 28.2 Å². The van der Waals surface area contributed by atoms with E-state index in [9.17, 15) is 9.18 Å². The lowest BCUT2D eigenvalue weighted by Gasteiger charge is -2.42. The van der Waals surface area contributed by atoms with Crippen molar-refractivity contribution in [1.82, 2.24) is 10.2 Å². The minimum Gasteiger partial charge on any atom is -0.496 e. The zero-order chi connectivity index (χ0) is 22.5. The number of methoxy groups -OCH3 is 1. The summed E-state index contributed by atoms with van der Waals surface area (Å²) in [5.74, 6) is 0.212. The number of nitrogens with zero attached hydrogens (tertiary/aromatic N) is 2. The molecule has 0 bridgehead atoms. The molecule has 1 fully saturated rings. The van der Waals surface area contributed by atoms with Crippen molar-refractivity contribution in [3.63, 3.8) is 0 Å². The molecule has 0 unspecified atom stereocenters. The number of anilines is 1. The third-order valence-electron chi connectivity index (χ3n) is 5.92. The molecule has 1 saturated heterocycles.